The van der Waals surface area contributed by atoms with Gasteiger partial charge in [-0.1, -0.05) is 6.92 Å². The van der Waals surface area contributed by atoms with Crippen LogP contribution in [-0.2, 0) is 0 Å². The molecule has 0 spiro atoms. The number of hydrogen-bond acceptors (Lipinski definition) is 1. The zero-order valence-electron chi connectivity index (χ0n) is 6.48. The maximum atomic E-state index is 11.5. The molecular weight excluding hydrogens is 152 g/mol. The molecule has 0 rings (SSSR count). The highest BCUT2D eigenvalue weighted by Gasteiger charge is 1.99. The van der Waals surface area contributed by atoms with Gasteiger partial charge in [0.25, 0.3) is 6.43 Å². The molecule has 0 saturated carbocycles. The minimum absolute atomic E-state index is 0.0900. The SMILES string of the molecule is CCCNC(N)=NCC(F)F. The Labute approximate surface area is 64.7 Å². The van der Waals surface area contributed by atoms with E-state index in [-0.39, 0.29) is 5.96 Å². The molecule has 0 aromatic heterocycles. The van der Waals surface area contributed by atoms with Crippen molar-refractivity contribution in [3.05, 3.63) is 0 Å². The molecule has 11 heavy (non-hydrogen) atoms. The third kappa shape index (κ3) is 7.02. The van der Waals surface area contributed by atoms with E-state index in [1.807, 2.05) is 6.92 Å². The number of nitrogens with one attached hydrogen (secondary N) is 1. The van der Waals surface area contributed by atoms with E-state index in [9.17, 15) is 8.78 Å². The van der Waals surface area contributed by atoms with Crippen molar-refractivity contribution in [1.29, 1.82) is 0 Å². The molecule has 5 heteroatoms. The van der Waals surface area contributed by atoms with Crippen molar-refractivity contribution in [1.82, 2.24) is 5.32 Å². The van der Waals surface area contributed by atoms with Crippen LogP contribution in [-0.4, -0.2) is 25.5 Å². The first-order chi connectivity index (χ1) is 5.16. The van der Waals surface area contributed by atoms with Gasteiger partial charge in [0, 0.05) is 6.54 Å². The highest BCUT2D eigenvalue weighted by atomic mass is 19.3. The Bertz CT molecular complexity index is 125. The summed E-state index contributed by atoms with van der Waals surface area (Å²) in [6.45, 7) is 2.09. The lowest BCUT2D eigenvalue weighted by molar-refractivity contribution is 0.158. The average Bonchev–Trinajstić information content (AvgIpc) is 1.97. The molecule has 0 radical (unpaired) electrons. The predicted octanol–water partition coefficient (Wildman–Crippen LogP) is 0.566. The Balaban J connectivity index is 3.46. The van der Waals surface area contributed by atoms with Gasteiger partial charge in [0.2, 0.25) is 0 Å². The van der Waals surface area contributed by atoms with Crippen molar-refractivity contribution in [3.8, 4) is 0 Å². The van der Waals surface area contributed by atoms with Gasteiger partial charge in [-0.15, -0.1) is 0 Å². The maximum Gasteiger partial charge on any atom is 0.257 e. The minimum Gasteiger partial charge on any atom is -0.370 e. The number of guanidine groups is 1. The van der Waals surface area contributed by atoms with Crippen molar-refractivity contribution in [3.63, 3.8) is 0 Å². The molecule has 0 atom stereocenters. The van der Waals surface area contributed by atoms with Gasteiger partial charge in [0.15, 0.2) is 5.96 Å². The van der Waals surface area contributed by atoms with Crippen LogP contribution in [0.15, 0.2) is 4.99 Å². The van der Waals surface area contributed by atoms with Gasteiger partial charge in [-0.25, -0.2) is 13.8 Å². The van der Waals surface area contributed by atoms with Gasteiger partial charge >= 0.3 is 0 Å². The van der Waals surface area contributed by atoms with Gasteiger partial charge in [-0.2, -0.15) is 0 Å². The van der Waals surface area contributed by atoms with Crippen LogP contribution < -0.4 is 11.1 Å². The third-order valence-corrected chi connectivity index (χ3v) is 0.956. The lowest BCUT2D eigenvalue weighted by Crippen LogP contribution is -2.32. The molecule has 3 nitrogen and oxygen atoms in total. The number of nitrogens with zero attached hydrogens (tertiary/aromatic N) is 1. The largest absolute Gasteiger partial charge is 0.370 e. The Morgan fingerprint density at radius 3 is 2.73 bits per heavy atom. The summed E-state index contributed by atoms with van der Waals surface area (Å²) in [5.41, 5.74) is 5.21. The standard InChI is InChI=1S/C6H13F2N3/c1-2-3-10-6(9)11-4-5(7)8/h5H,2-4H2,1H3,(H3,9,10,11). The highest BCUT2D eigenvalue weighted by molar-refractivity contribution is 5.77. The van der Waals surface area contributed by atoms with E-state index in [0.717, 1.165) is 6.42 Å². The molecule has 0 heterocycles. The molecule has 0 unspecified atom stereocenters. The summed E-state index contributed by atoms with van der Waals surface area (Å²) in [5, 5.41) is 2.68. The molecule has 0 aromatic carbocycles. The van der Waals surface area contributed by atoms with Crippen molar-refractivity contribution in [2.75, 3.05) is 13.1 Å². The van der Waals surface area contributed by atoms with Crippen molar-refractivity contribution in [2.45, 2.75) is 19.8 Å². The lowest BCUT2D eigenvalue weighted by atomic mass is 10.5. The van der Waals surface area contributed by atoms with E-state index in [2.05, 4.69) is 10.3 Å². The second-order valence-corrected chi connectivity index (χ2v) is 2.04. The van der Waals surface area contributed by atoms with E-state index < -0.39 is 13.0 Å². The van der Waals surface area contributed by atoms with Crippen LogP contribution in [0.5, 0.6) is 0 Å². The maximum absolute atomic E-state index is 11.5. The molecule has 0 bridgehead atoms. The van der Waals surface area contributed by atoms with E-state index in [4.69, 9.17) is 5.73 Å². The van der Waals surface area contributed by atoms with E-state index in [1.165, 1.54) is 0 Å². The van der Waals surface area contributed by atoms with Crippen LogP contribution in [0.25, 0.3) is 0 Å². The number of alkyl halides is 2. The zero-order chi connectivity index (χ0) is 8.69. The fraction of sp³-hybridized carbons (Fsp3) is 0.833. The predicted molar refractivity (Wildman–Crippen MR) is 40.8 cm³/mol. The molecule has 0 aromatic rings. The first-order valence-corrected chi connectivity index (χ1v) is 3.48. The average molecular weight is 165 g/mol. The van der Waals surface area contributed by atoms with E-state index in [1.54, 1.807) is 0 Å². The molecular formula is C6H13F2N3. The molecule has 3 N–H and O–H groups in total. The Kier molecular flexibility index (Phi) is 5.42. The van der Waals surface area contributed by atoms with Gasteiger partial charge in [0.1, 0.15) is 6.54 Å². The minimum atomic E-state index is -2.42. The first-order valence-electron chi connectivity index (χ1n) is 3.48. The van der Waals surface area contributed by atoms with E-state index in [0.29, 0.717) is 6.54 Å². The van der Waals surface area contributed by atoms with Crippen LogP contribution in [0.3, 0.4) is 0 Å². The lowest BCUT2D eigenvalue weighted by Gasteiger charge is -2.02. The Morgan fingerprint density at radius 1 is 1.64 bits per heavy atom. The highest BCUT2D eigenvalue weighted by Crippen LogP contribution is 1.90. The summed E-state index contributed by atoms with van der Waals surface area (Å²) in [4.78, 5) is 3.39. The Morgan fingerprint density at radius 2 is 2.27 bits per heavy atom. The van der Waals surface area contributed by atoms with Crippen LogP contribution in [0.2, 0.25) is 0 Å². The first kappa shape index (κ1) is 10.1. The van der Waals surface area contributed by atoms with E-state index >= 15 is 0 Å². The summed E-state index contributed by atoms with van der Waals surface area (Å²) >= 11 is 0. The fourth-order valence-electron chi connectivity index (χ4n) is 0.476. The van der Waals surface area contributed by atoms with Crippen LogP contribution in [0.4, 0.5) is 8.78 Å². The molecule has 66 valence electrons. The van der Waals surface area contributed by atoms with Crippen LogP contribution in [0.1, 0.15) is 13.3 Å². The smallest absolute Gasteiger partial charge is 0.257 e. The topological polar surface area (TPSA) is 50.4 Å². The second-order valence-electron chi connectivity index (χ2n) is 2.04. The normalized spacial score (nSPS) is 12.2. The molecule has 0 amide bonds. The van der Waals surface area contributed by atoms with Crippen molar-refractivity contribution < 1.29 is 8.78 Å². The number of aliphatic imine (C=N–C) groups is 1. The zero-order valence-corrected chi connectivity index (χ0v) is 6.48. The third-order valence-electron chi connectivity index (χ3n) is 0.956. The quantitative estimate of drug-likeness (QED) is 0.472. The van der Waals surface area contributed by atoms with Gasteiger partial charge < -0.3 is 11.1 Å². The van der Waals surface area contributed by atoms with Crippen LogP contribution >= 0.6 is 0 Å². The van der Waals surface area contributed by atoms with Crippen molar-refractivity contribution in [2.24, 2.45) is 10.7 Å². The summed E-state index contributed by atoms with van der Waals surface area (Å²) < 4.78 is 23.1. The molecule has 0 aliphatic heterocycles. The molecule has 0 fully saturated rings. The monoisotopic (exact) mass is 165 g/mol. The summed E-state index contributed by atoms with van der Waals surface area (Å²) in [5.74, 6) is 0.0900. The molecule has 0 aliphatic carbocycles. The number of halogens is 2. The van der Waals surface area contributed by atoms with Gasteiger partial charge in [-0.05, 0) is 6.42 Å². The second kappa shape index (κ2) is 5.88. The Hall–Kier alpha value is -0.870. The molecule has 0 aliphatic rings. The summed E-state index contributed by atoms with van der Waals surface area (Å²) in [6.07, 6.45) is -1.53. The summed E-state index contributed by atoms with van der Waals surface area (Å²) in [6, 6.07) is 0. The number of rotatable bonds is 4. The van der Waals surface area contributed by atoms with Crippen LogP contribution in [0, 0.1) is 0 Å². The molecule has 0 saturated heterocycles. The number of nitrogens with two attached hydrogens (primary N) is 1. The number of hydrogen-bond donors (Lipinski definition) is 2. The van der Waals surface area contributed by atoms with Gasteiger partial charge in [-0.3, -0.25) is 0 Å². The van der Waals surface area contributed by atoms with Gasteiger partial charge in [0.05, 0.1) is 0 Å². The summed E-state index contributed by atoms with van der Waals surface area (Å²) in [7, 11) is 0. The van der Waals surface area contributed by atoms with Crippen molar-refractivity contribution >= 4 is 5.96 Å². The fourth-order valence-corrected chi connectivity index (χ4v) is 0.476.